The number of rotatable bonds is 5. The summed E-state index contributed by atoms with van der Waals surface area (Å²) in [5.74, 6) is 1.61. The van der Waals surface area contributed by atoms with Crippen LogP contribution in [0.3, 0.4) is 0 Å². The number of benzene rings is 1. The molecule has 21 heavy (non-hydrogen) atoms. The first kappa shape index (κ1) is 15.1. The highest BCUT2D eigenvalue weighted by Crippen LogP contribution is 2.19. The number of aromatic nitrogens is 2. The molecular formula is C16H21N3O2. The summed E-state index contributed by atoms with van der Waals surface area (Å²) >= 11 is 0. The lowest BCUT2D eigenvalue weighted by molar-refractivity contribution is -0.122. The van der Waals surface area contributed by atoms with E-state index in [0.29, 0.717) is 17.5 Å². The highest BCUT2D eigenvalue weighted by Gasteiger charge is 2.16. The molecule has 0 aliphatic rings. The van der Waals surface area contributed by atoms with Crippen molar-refractivity contribution in [3.63, 3.8) is 0 Å². The Labute approximate surface area is 124 Å². The quantitative estimate of drug-likeness (QED) is 0.920. The van der Waals surface area contributed by atoms with E-state index in [4.69, 9.17) is 4.74 Å². The Kier molecular flexibility index (Phi) is 4.62. The summed E-state index contributed by atoms with van der Waals surface area (Å²) in [4.78, 5) is 12.1. The SMILES string of the molecule is CC(Oc1ccc(C(C)C)cc1)C(=O)Nc1ccnn1C. The smallest absolute Gasteiger partial charge is 0.266 e. The van der Waals surface area contributed by atoms with Gasteiger partial charge in [-0.05, 0) is 30.5 Å². The van der Waals surface area contributed by atoms with Crippen molar-refractivity contribution < 1.29 is 9.53 Å². The Morgan fingerprint density at radius 3 is 2.38 bits per heavy atom. The molecule has 1 N–H and O–H groups in total. The van der Waals surface area contributed by atoms with Gasteiger partial charge in [0, 0.05) is 13.1 Å². The van der Waals surface area contributed by atoms with E-state index in [9.17, 15) is 4.79 Å². The van der Waals surface area contributed by atoms with Gasteiger partial charge >= 0.3 is 0 Å². The molecule has 0 spiro atoms. The summed E-state index contributed by atoms with van der Waals surface area (Å²) in [5.41, 5.74) is 1.24. The molecule has 2 rings (SSSR count). The first-order valence-corrected chi connectivity index (χ1v) is 7.03. The highest BCUT2D eigenvalue weighted by atomic mass is 16.5. The van der Waals surface area contributed by atoms with E-state index >= 15 is 0 Å². The van der Waals surface area contributed by atoms with Crippen molar-refractivity contribution in [2.75, 3.05) is 5.32 Å². The average Bonchev–Trinajstić information content (AvgIpc) is 2.84. The summed E-state index contributed by atoms with van der Waals surface area (Å²) in [5, 5.41) is 6.78. The van der Waals surface area contributed by atoms with Gasteiger partial charge in [-0.3, -0.25) is 9.48 Å². The van der Waals surface area contributed by atoms with Crippen molar-refractivity contribution in [1.82, 2.24) is 9.78 Å². The second-order valence-electron chi connectivity index (χ2n) is 5.31. The van der Waals surface area contributed by atoms with Gasteiger partial charge in [-0.2, -0.15) is 5.10 Å². The molecule has 2 aromatic rings. The number of carbonyl (C=O) groups excluding carboxylic acids is 1. The van der Waals surface area contributed by atoms with Crippen LogP contribution in [0.5, 0.6) is 5.75 Å². The first-order valence-electron chi connectivity index (χ1n) is 7.03. The number of carbonyl (C=O) groups is 1. The molecule has 1 amide bonds. The fourth-order valence-electron chi connectivity index (χ4n) is 1.91. The zero-order valence-electron chi connectivity index (χ0n) is 12.8. The largest absolute Gasteiger partial charge is 0.481 e. The summed E-state index contributed by atoms with van der Waals surface area (Å²) in [6.07, 6.45) is 1.05. The molecule has 1 heterocycles. The number of hydrogen-bond donors (Lipinski definition) is 1. The van der Waals surface area contributed by atoms with E-state index in [-0.39, 0.29) is 5.91 Å². The Hall–Kier alpha value is -2.30. The van der Waals surface area contributed by atoms with Crippen molar-refractivity contribution in [1.29, 1.82) is 0 Å². The van der Waals surface area contributed by atoms with Crippen molar-refractivity contribution in [3.8, 4) is 5.75 Å². The van der Waals surface area contributed by atoms with Gasteiger partial charge in [0.05, 0.1) is 6.20 Å². The van der Waals surface area contributed by atoms with Crippen molar-refractivity contribution in [3.05, 3.63) is 42.1 Å². The fraction of sp³-hybridized carbons (Fsp3) is 0.375. The number of anilines is 1. The average molecular weight is 287 g/mol. The number of amides is 1. The van der Waals surface area contributed by atoms with Crippen LogP contribution in [0, 0.1) is 0 Å². The number of hydrogen-bond acceptors (Lipinski definition) is 3. The molecule has 5 nitrogen and oxygen atoms in total. The number of nitrogens with zero attached hydrogens (tertiary/aromatic N) is 2. The lowest BCUT2D eigenvalue weighted by Crippen LogP contribution is -2.30. The Balaban J connectivity index is 1.95. The van der Waals surface area contributed by atoms with Crippen molar-refractivity contribution in [2.24, 2.45) is 7.05 Å². The van der Waals surface area contributed by atoms with Crippen LogP contribution in [0.4, 0.5) is 5.82 Å². The summed E-state index contributed by atoms with van der Waals surface area (Å²) in [6.45, 7) is 6.00. The van der Waals surface area contributed by atoms with Gasteiger partial charge < -0.3 is 10.1 Å². The Morgan fingerprint density at radius 2 is 1.86 bits per heavy atom. The van der Waals surface area contributed by atoms with Crippen LogP contribution >= 0.6 is 0 Å². The molecular weight excluding hydrogens is 266 g/mol. The minimum atomic E-state index is -0.579. The monoisotopic (exact) mass is 287 g/mol. The minimum absolute atomic E-state index is 0.202. The third-order valence-electron chi connectivity index (χ3n) is 3.30. The van der Waals surface area contributed by atoms with Crippen LogP contribution in [-0.4, -0.2) is 21.8 Å². The predicted octanol–water partition coefficient (Wildman–Crippen LogP) is 2.95. The van der Waals surface area contributed by atoms with Crippen LogP contribution in [0.2, 0.25) is 0 Å². The van der Waals surface area contributed by atoms with Gasteiger partial charge in [0.1, 0.15) is 11.6 Å². The number of nitrogens with one attached hydrogen (secondary N) is 1. The van der Waals surface area contributed by atoms with E-state index < -0.39 is 6.10 Å². The molecule has 0 bridgehead atoms. The fourth-order valence-corrected chi connectivity index (χ4v) is 1.91. The van der Waals surface area contributed by atoms with Crippen LogP contribution in [0.25, 0.3) is 0 Å². The minimum Gasteiger partial charge on any atom is -0.481 e. The molecule has 0 aliphatic carbocycles. The summed E-state index contributed by atoms with van der Waals surface area (Å²) in [7, 11) is 1.77. The molecule has 0 aliphatic heterocycles. The van der Waals surface area contributed by atoms with Crippen LogP contribution in [0.1, 0.15) is 32.3 Å². The standard InChI is InChI=1S/C16H21N3O2/c1-11(2)13-5-7-14(8-6-13)21-12(3)16(20)18-15-9-10-17-19(15)4/h5-12H,1-4H3,(H,18,20). The van der Waals surface area contributed by atoms with Crippen LogP contribution in [0.15, 0.2) is 36.5 Å². The van der Waals surface area contributed by atoms with Crippen LogP contribution < -0.4 is 10.1 Å². The second-order valence-corrected chi connectivity index (χ2v) is 5.31. The first-order chi connectivity index (χ1) is 9.97. The highest BCUT2D eigenvalue weighted by molar-refractivity contribution is 5.93. The van der Waals surface area contributed by atoms with Gasteiger partial charge in [-0.15, -0.1) is 0 Å². The number of aryl methyl sites for hydroxylation is 1. The normalized spacial score (nSPS) is 12.2. The van der Waals surface area contributed by atoms with Crippen LogP contribution in [-0.2, 0) is 11.8 Å². The van der Waals surface area contributed by atoms with Gasteiger partial charge in [0.25, 0.3) is 5.91 Å². The maximum Gasteiger partial charge on any atom is 0.266 e. The Morgan fingerprint density at radius 1 is 1.19 bits per heavy atom. The lowest BCUT2D eigenvalue weighted by atomic mass is 10.0. The molecule has 0 saturated carbocycles. The van der Waals surface area contributed by atoms with E-state index in [1.54, 1.807) is 30.9 Å². The molecule has 1 atom stereocenters. The maximum atomic E-state index is 12.1. The molecule has 1 aromatic heterocycles. The third-order valence-corrected chi connectivity index (χ3v) is 3.30. The molecule has 112 valence electrons. The van der Waals surface area contributed by atoms with E-state index in [1.807, 2.05) is 24.3 Å². The third kappa shape index (κ3) is 3.84. The predicted molar refractivity (Wildman–Crippen MR) is 82.5 cm³/mol. The molecule has 0 fully saturated rings. The topological polar surface area (TPSA) is 56.1 Å². The van der Waals surface area contributed by atoms with Crippen molar-refractivity contribution >= 4 is 11.7 Å². The van der Waals surface area contributed by atoms with Gasteiger partial charge in [0.2, 0.25) is 0 Å². The number of ether oxygens (including phenoxy) is 1. The molecule has 1 aromatic carbocycles. The zero-order valence-corrected chi connectivity index (χ0v) is 12.8. The maximum absolute atomic E-state index is 12.1. The van der Waals surface area contributed by atoms with E-state index in [0.717, 1.165) is 0 Å². The van der Waals surface area contributed by atoms with E-state index in [1.165, 1.54) is 5.56 Å². The second kappa shape index (κ2) is 6.43. The zero-order chi connectivity index (χ0) is 15.4. The molecule has 5 heteroatoms. The van der Waals surface area contributed by atoms with E-state index in [2.05, 4.69) is 24.3 Å². The molecule has 0 radical (unpaired) electrons. The van der Waals surface area contributed by atoms with Gasteiger partial charge in [0.15, 0.2) is 6.10 Å². The van der Waals surface area contributed by atoms with Gasteiger partial charge in [-0.1, -0.05) is 26.0 Å². The summed E-state index contributed by atoms with van der Waals surface area (Å²) < 4.78 is 7.26. The Bertz CT molecular complexity index is 602. The van der Waals surface area contributed by atoms with Gasteiger partial charge in [-0.25, -0.2) is 0 Å². The summed E-state index contributed by atoms with van der Waals surface area (Å²) in [6, 6.07) is 9.56. The molecule has 0 saturated heterocycles. The lowest BCUT2D eigenvalue weighted by Gasteiger charge is -2.15. The molecule has 1 unspecified atom stereocenters. The van der Waals surface area contributed by atoms with Crippen molar-refractivity contribution in [2.45, 2.75) is 32.8 Å².